The summed E-state index contributed by atoms with van der Waals surface area (Å²) in [6, 6.07) is 23.1. The highest BCUT2D eigenvalue weighted by Crippen LogP contribution is 2.18. The number of anilines is 2. The van der Waals surface area contributed by atoms with Crippen LogP contribution >= 0.6 is 0 Å². The van der Waals surface area contributed by atoms with E-state index in [9.17, 15) is 4.79 Å². The Bertz CT molecular complexity index is 923. The summed E-state index contributed by atoms with van der Waals surface area (Å²) in [5.41, 5.74) is 3.93. The number of hydrogen-bond acceptors (Lipinski definition) is 4. The van der Waals surface area contributed by atoms with Gasteiger partial charge in [0.05, 0.1) is 7.11 Å². The molecule has 5 heteroatoms. The molecule has 0 heterocycles. The van der Waals surface area contributed by atoms with Crippen LogP contribution in [0.15, 0.2) is 72.8 Å². The average molecular weight is 376 g/mol. The molecule has 0 aliphatic carbocycles. The van der Waals surface area contributed by atoms with Crippen LogP contribution in [-0.4, -0.2) is 19.6 Å². The van der Waals surface area contributed by atoms with E-state index in [2.05, 4.69) is 10.6 Å². The van der Waals surface area contributed by atoms with E-state index in [1.807, 2.05) is 79.7 Å². The lowest BCUT2D eigenvalue weighted by Gasteiger charge is -2.11. The number of methoxy groups -OCH3 is 1. The van der Waals surface area contributed by atoms with E-state index >= 15 is 0 Å². The van der Waals surface area contributed by atoms with Crippen LogP contribution in [0.3, 0.4) is 0 Å². The third-order valence-electron chi connectivity index (χ3n) is 4.16. The SMILES string of the molecule is COc1ccc(NCc2cccc(OCC(=O)Nc3cccc(C)c3)c2)cc1. The van der Waals surface area contributed by atoms with Crippen LogP contribution < -0.4 is 20.1 Å². The minimum Gasteiger partial charge on any atom is -0.497 e. The lowest BCUT2D eigenvalue weighted by atomic mass is 10.2. The number of ether oxygens (including phenoxy) is 2. The smallest absolute Gasteiger partial charge is 0.262 e. The maximum Gasteiger partial charge on any atom is 0.262 e. The number of hydrogen-bond donors (Lipinski definition) is 2. The Labute approximate surface area is 165 Å². The van der Waals surface area contributed by atoms with Gasteiger partial charge in [0, 0.05) is 17.9 Å². The molecule has 0 aliphatic rings. The Hall–Kier alpha value is -3.47. The lowest BCUT2D eigenvalue weighted by Crippen LogP contribution is -2.20. The quantitative estimate of drug-likeness (QED) is 0.602. The topological polar surface area (TPSA) is 59.6 Å². The molecule has 1 amide bonds. The zero-order chi connectivity index (χ0) is 19.8. The molecule has 0 atom stereocenters. The first-order chi connectivity index (χ1) is 13.6. The highest BCUT2D eigenvalue weighted by molar-refractivity contribution is 5.91. The molecule has 0 aliphatic heterocycles. The number of carbonyl (C=O) groups is 1. The molecule has 3 aromatic carbocycles. The fourth-order valence-electron chi connectivity index (χ4n) is 2.73. The molecule has 0 unspecified atom stereocenters. The lowest BCUT2D eigenvalue weighted by molar-refractivity contribution is -0.118. The molecule has 0 saturated carbocycles. The van der Waals surface area contributed by atoms with Crippen molar-refractivity contribution in [2.24, 2.45) is 0 Å². The summed E-state index contributed by atoms with van der Waals surface area (Å²) >= 11 is 0. The summed E-state index contributed by atoms with van der Waals surface area (Å²) in [4.78, 5) is 12.1. The Morgan fingerprint density at radius 3 is 2.43 bits per heavy atom. The fourth-order valence-corrected chi connectivity index (χ4v) is 2.73. The monoisotopic (exact) mass is 376 g/mol. The van der Waals surface area contributed by atoms with E-state index in [0.717, 1.165) is 28.3 Å². The van der Waals surface area contributed by atoms with E-state index in [1.165, 1.54) is 0 Å². The van der Waals surface area contributed by atoms with Crippen molar-refractivity contribution in [2.75, 3.05) is 24.4 Å². The average Bonchev–Trinajstić information content (AvgIpc) is 2.71. The van der Waals surface area contributed by atoms with Crippen molar-refractivity contribution < 1.29 is 14.3 Å². The van der Waals surface area contributed by atoms with Crippen molar-refractivity contribution in [1.29, 1.82) is 0 Å². The minimum atomic E-state index is -0.188. The molecule has 0 aromatic heterocycles. The van der Waals surface area contributed by atoms with Gasteiger partial charge in [-0.3, -0.25) is 4.79 Å². The van der Waals surface area contributed by atoms with Crippen molar-refractivity contribution in [1.82, 2.24) is 0 Å². The normalized spacial score (nSPS) is 10.2. The van der Waals surface area contributed by atoms with Gasteiger partial charge in [-0.1, -0.05) is 24.3 Å². The Morgan fingerprint density at radius 2 is 1.68 bits per heavy atom. The third-order valence-corrected chi connectivity index (χ3v) is 4.16. The van der Waals surface area contributed by atoms with Crippen molar-refractivity contribution in [2.45, 2.75) is 13.5 Å². The van der Waals surface area contributed by atoms with Crippen LogP contribution in [0, 0.1) is 6.92 Å². The number of aryl methyl sites for hydroxylation is 1. The van der Waals surface area contributed by atoms with Gasteiger partial charge in [-0.15, -0.1) is 0 Å². The number of benzene rings is 3. The van der Waals surface area contributed by atoms with E-state index in [1.54, 1.807) is 7.11 Å². The van der Waals surface area contributed by atoms with Crippen LogP contribution in [0.2, 0.25) is 0 Å². The third kappa shape index (κ3) is 5.77. The summed E-state index contributed by atoms with van der Waals surface area (Å²) in [6.45, 7) is 2.60. The molecule has 0 radical (unpaired) electrons. The van der Waals surface area contributed by atoms with E-state index in [-0.39, 0.29) is 12.5 Å². The summed E-state index contributed by atoms with van der Waals surface area (Å²) in [5.74, 6) is 1.30. The number of rotatable bonds is 8. The molecule has 3 rings (SSSR count). The van der Waals surface area contributed by atoms with Gasteiger partial charge in [-0.25, -0.2) is 0 Å². The Morgan fingerprint density at radius 1 is 0.893 bits per heavy atom. The van der Waals surface area contributed by atoms with Crippen LogP contribution in [0.5, 0.6) is 11.5 Å². The number of carbonyl (C=O) groups excluding carboxylic acids is 1. The first kappa shape index (κ1) is 19.3. The van der Waals surface area contributed by atoms with Gasteiger partial charge < -0.3 is 20.1 Å². The van der Waals surface area contributed by atoms with Gasteiger partial charge in [0.25, 0.3) is 5.91 Å². The molecule has 0 spiro atoms. The largest absolute Gasteiger partial charge is 0.497 e. The standard InChI is InChI=1S/C23H24N2O3/c1-17-5-3-7-20(13-17)25-23(26)16-28-22-8-4-6-18(14-22)15-24-19-9-11-21(27-2)12-10-19/h3-14,24H,15-16H2,1-2H3,(H,25,26). The first-order valence-corrected chi connectivity index (χ1v) is 9.08. The second kappa shape index (κ2) is 9.46. The van der Waals surface area contributed by atoms with E-state index in [0.29, 0.717) is 12.3 Å². The highest BCUT2D eigenvalue weighted by atomic mass is 16.5. The summed E-state index contributed by atoms with van der Waals surface area (Å²) in [5, 5.41) is 6.19. The van der Waals surface area contributed by atoms with Crippen LogP contribution in [-0.2, 0) is 11.3 Å². The Kier molecular flexibility index (Phi) is 6.52. The van der Waals surface area contributed by atoms with Crippen molar-refractivity contribution in [3.63, 3.8) is 0 Å². The van der Waals surface area contributed by atoms with Gasteiger partial charge in [-0.2, -0.15) is 0 Å². The highest BCUT2D eigenvalue weighted by Gasteiger charge is 2.05. The van der Waals surface area contributed by atoms with E-state index < -0.39 is 0 Å². The second-order valence-corrected chi connectivity index (χ2v) is 6.44. The zero-order valence-corrected chi connectivity index (χ0v) is 16.1. The molecule has 28 heavy (non-hydrogen) atoms. The van der Waals surface area contributed by atoms with E-state index in [4.69, 9.17) is 9.47 Å². The molecule has 2 N–H and O–H groups in total. The van der Waals surface area contributed by atoms with Gasteiger partial charge >= 0.3 is 0 Å². The Balaban J connectivity index is 1.50. The molecule has 0 saturated heterocycles. The second-order valence-electron chi connectivity index (χ2n) is 6.44. The van der Waals surface area contributed by atoms with Gasteiger partial charge in [0.1, 0.15) is 11.5 Å². The fraction of sp³-hybridized carbons (Fsp3) is 0.174. The molecule has 5 nitrogen and oxygen atoms in total. The molecule has 144 valence electrons. The molecular formula is C23H24N2O3. The first-order valence-electron chi connectivity index (χ1n) is 9.08. The summed E-state index contributed by atoms with van der Waals surface area (Å²) in [7, 11) is 1.65. The summed E-state index contributed by atoms with van der Waals surface area (Å²) in [6.07, 6.45) is 0. The number of amides is 1. The van der Waals surface area contributed by atoms with Gasteiger partial charge in [0.2, 0.25) is 0 Å². The number of nitrogens with one attached hydrogen (secondary N) is 2. The van der Waals surface area contributed by atoms with Gasteiger partial charge in [0.15, 0.2) is 6.61 Å². The molecule has 0 fully saturated rings. The maximum absolute atomic E-state index is 12.1. The predicted octanol–water partition coefficient (Wildman–Crippen LogP) is 4.63. The predicted molar refractivity (Wildman–Crippen MR) is 112 cm³/mol. The van der Waals surface area contributed by atoms with Crippen molar-refractivity contribution in [3.8, 4) is 11.5 Å². The van der Waals surface area contributed by atoms with Crippen molar-refractivity contribution >= 4 is 17.3 Å². The van der Waals surface area contributed by atoms with Gasteiger partial charge in [-0.05, 0) is 66.6 Å². The molecule has 0 bridgehead atoms. The molecular weight excluding hydrogens is 352 g/mol. The maximum atomic E-state index is 12.1. The summed E-state index contributed by atoms with van der Waals surface area (Å²) < 4.78 is 10.8. The minimum absolute atomic E-state index is 0.0384. The van der Waals surface area contributed by atoms with Crippen molar-refractivity contribution in [3.05, 3.63) is 83.9 Å². The van der Waals surface area contributed by atoms with Crippen LogP contribution in [0.1, 0.15) is 11.1 Å². The molecule has 3 aromatic rings. The van der Waals surface area contributed by atoms with Crippen LogP contribution in [0.25, 0.3) is 0 Å². The zero-order valence-electron chi connectivity index (χ0n) is 16.1. The van der Waals surface area contributed by atoms with Crippen LogP contribution in [0.4, 0.5) is 11.4 Å².